The molecular weight excluding hydrogens is 261 g/mol. The summed E-state index contributed by atoms with van der Waals surface area (Å²) in [5.74, 6) is -0.130. The Morgan fingerprint density at radius 2 is 2.05 bits per heavy atom. The third kappa shape index (κ3) is 5.14. The first-order valence-electron chi connectivity index (χ1n) is 7.28. The second-order valence-corrected chi connectivity index (χ2v) is 5.06. The standard InChI is InChI=1S/C19H24FN/c1-6-16(9-8-12-21-15(5)14(3)4)18-11-10-17(7-2)19(20)13-18/h6,8,10-13H,3,7,9H2,1-2,4-5H3/b12-8-,16-6+,21-15?. The molecule has 112 valence electrons. The van der Waals surface area contributed by atoms with Crippen LogP contribution in [0, 0.1) is 5.82 Å². The molecule has 0 aliphatic heterocycles. The molecule has 0 radical (unpaired) electrons. The van der Waals surface area contributed by atoms with E-state index in [-0.39, 0.29) is 5.82 Å². The molecule has 0 aromatic heterocycles. The number of benzene rings is 1. The Morgan fingerprint density at radius 3 is 2.57 bits per heavy atom. The highest BCUT2D eigenvalue weighted by Gasteiger charge is 2.04. The molecule has 0 unspecified atom stereocenters. The number of nitrogens with zero attached hydrogens (tertiary/aromatic N) is 1. The van der Waals surface area contributed by atoms with Crippen LogP contribution in [-0.4, -0.2) is 5.71 Å². The van der Waals surface area contributed by atoms with Gasteiger partial charge in [0.15, 0.2) is 0 Å². The number of hydrogen-bond donors (Lipinski definition) is 0. The normalized spacial score (nSPS) is 13.0. The van der Waals surface area contributed by atoms with E-state index in [9.17, 15) is 4.39 Å². The minimum atomic E-state index is -0.130. The van der Waals surface area contributed by atoms with Crippen LogP contribution >= 0.6 is 0 Å². The molecule has 0 aliphatic carbocycles. The number of aliphatic imine (C=N–C) groups is 1. The van der Waals surface area contributed by atoms with Crippen molar-refractivity contribution in [1.82, 2.24) is 0 Å². The van der Waals surface area contributed by atoms with E-state index in [2.05, 4.69) is 11.6 Å². The average Bonchev–Trinajstić information content (AvgIpc) is 2.46. The Labute approximate surface area is 127 Å². The van der Waals surface area contributed by atoms with Gasteiger partial charge < -0.3 is 0 Å². The van der Waals surface area contributed by atoms with Gasteiger partial charge in [-0.25, -0.2) is 4.39 Å². The molecule has 1 aromatic carbocycles. The lowest BCUT2D eigenvalue weighted by atomic mass is 10.00. The summed E-state index contributed by atoms with van der Waals surface area (Å²) in [6.07, 6.45) is 7.22. The van der Waals surface area contributed by atoms with Gasteiger partial charge in [0.2, 0.25) is 0 Å². The fourth-order valence-electron chi connectivity index (χ4n) is 1.89. The van der Waals surface area contributed by atoms with E-state index in [1.165, 1.54) is 0 Å². The molecule has 21 heavy (non-hydrogen) atoms. The zero-order chi connectivity index (χ0) is 15.8. The second kappa shape index (κ2) is 8.35. The lowest BCUT2D eigenvalue weighted by Crippen LogP contribution is -1.91. The molecule has 0 N–H and O–H groups in total. The molecule has 0 aliphatic rings. The summed E-state index contributed by atoms with van der Waals surface area (Å²) in [7, 11) is 0. The van der Waals surface area contributed by atoms with Gasteiger partial charge in [-0.1, -0.05) is 37.8 Å². The van der Waals surface area contributed by atoms with Gasteiger partial charge in [0.1, 0.15) is 5.82 Å². The Morgan fingerprint density at radius 1 is 1.33 bits per heavy atom. The van der Waals surface area contributed by atoms with Crippen LogP contribution in [0.1, 0.15) is 45.2 Å². The maximum Gasteiger partial charge on any atom is 0.126 e. The Kier molecular flexibility index (Phi) is 6.80. The summed E-state index contributed by atoms with van der Waals surface area (Å²) < 4.78 is 13.9. The number of aryl methyl sites for hydroxylation is 1. The zero-order valence-electron chi connectivity index (χ0n) is 13.4. The van der Waals surface area contributed by atoms with Gasteiger partial charge in [-0.2, -0.15) is 0 Å². The maximum absolute atomic E-state index is 13.9. The number of halogens is 1. The van der Waals surface area contributed by atoms with Crippen LogP contribution in [0.25, 0.3) is 5.57 Å². The molecule has 1 rings (SSSR count). The van der Waals surface area contributed by atoms with Crippen molar-refractivity contribution in [1.29, 1.82) is 0 Å². The van der Waals surface area contributed by atoms with Crippen LogP contribution in [0.4, 0.5) is 4.39 Å². The highest BCUT2D eigenvalue weighted by molar-refractivity contribution is 5.97. The summed E-state index contributed by atoms with van der Waals surface area (Å²) >= 11 is 0. The maximum atomic E-state index is 13.9. The van der Waals surface area contributed by atoms with Crippen LogP contribution in [-0.2, 0) is 6.42 Å². The first-order chi connectivity index (χ1) is 9.99. The summed E-state index contributed by atoms with van der Waals surface area (Å²) in [4.78, 5) is 4.30. The first-order valence-corrected chi connectivity index (χ1v) is 7.28. The van der Waals surface area contributed by atoms with E-state index in [0.29, 0.717) is 6.42 Å². The van der Waals surface area contributed by atoms with Crippen LogP contribution in [0.15, 0.2) is 53.7 Å². The van der Waals surface area contributed by atoms with Crippen LogP contribution in [0.3, 0.4) is 0 Å². The van der Waals surface area contributed by atoms with E-state index >= 15 is 0 Å². The third-order valence-corrected chi connectivity index (χ3v) is 3.48. The molecule has 0 saturated carbocycles. The van der Waals surface area contributed by atoms with Crippen molar-refractivity contribution >= 4 is 11.3 Å². The van der Waals surface area contributed by atoms with E-state index < -0.39 is 0 Å². The summed E-state index contributed by atoms with van der Waals surface area (Å²) in [6.45, 7) is 11.6. The number of allylic oxidation sites excluding steroid dienone is 4. The Hall–Kier alpha value is -1.96. The zero-order valence-corrected chi connectivity index (χ0v) is 13.4. The smallest absolute Gasteiger partial charge is 0.126 e. The third-order valence-electron chi connectivity index (χ3n) is 3.48. The van der Waals surface area contributed by atoms with Crippen molar-refractivity contribution < 1.29 is 4.39 Å². The largest absolute Gasteiger partial charge is 0.262 e. The van der Waals surface area contributed by atoms with Crippen LogP contribution in [0.2, 0.25) is 0 Å². The summed E-state index contributed by atoms with van der Waals surface area (Å²) in [5, 5.41) is 0. The topological polar surface area (TPSA) is 12.4 Å². The quantitative estimate of drug-likeness (QED) is 0.592. The summed E-state index contributed by atoms with van der Waals surface area (Å²) in [6, 6.07) is 5.46. The van der Waals surface area contributed by atoms with Gasteiger partial charge >= 0.3 is 0 Å². The minimum absolute atomic E-state index is 0.130. The Balaban J connectivity index is 2.81. The number of rotatable bonds is 6. The predicted octanol–water partition coefficient (Wildman–Crippen LogP) is 5.73. The van der Waals surface area contributed by atoms with E-state index in [1.807, 2.05) is 52.0 Å². The van der Waals surface area contributed by atoms with Crippen molar-refractivity contribution in [2.75, 3.05) is 0 Å². The second-order valence-electron chi connectivity index (χ2n) is 5.06. The number of hydrogen-bond acceptors (Lipinski definition) is 1. The van der Waals surface area contributed by atoms with Gasteiger partial charge in [-0.05, 0) is 62.0 Å². The predicted molar refractivity (Wildman–Crippen MR) is 91.1 cm³/mol. The molecule has 0 saturated heterocycles. The van der Waals surface area contributed by atoms with Gasteiger partial charge in [-0.15, -0.1) is 0 Å². The van der Waals surface area contributed by atoms with Crippen molar-refractivity contribution in [3.05, 3.63) is 65.6 Å². The molecule has 1 nitrogen and oxygen atoms in total. The summed E-state index contributed by atoms with van der Waals surface area (Å²) in [5.41, 5.74) is 4.66. The molecule has 0 atom stereocenters. The van der Waals surface area contributed by atoms with E-state index in [1.54, 1.807) is 12.3 Å². The van der Waals surface area contributed by atoms with Crippen molar-refractivity contribution in [3.63, 3.8) is 0 Å². The molecule has 2 heteroatoms. The van der Waals surface area contributed by atoms with Gasteiger partial charge in [0.25, 0.3) is 0 Å². The SMILES string of the molecule is C=C(C)C(C)=N/C=C\C/C(=C\C)c1ccc(CC)c(F)c1. The highest BCUT2D eigenvalue weighted by atomic mass is 19.1. The van der Waals surface area contributed by atoms with Gasteiger partial charge in [0.05, 0.1) is 0 Å². The van der Waals surface area contributed by atoms with Crippen LogP contribution in [0.5, 0.6) is 0 Å². The monoisotopic (exact) mass is 285 g/mol. The van der Waals surface area contributed by atoms with Crippen LogP contribution < -0.4 is 0 Å². The Bertz CT molecular complexity index is 592. The fourth-order valence-corrected chi connectivity index (χ4v) is 1.89. The fraction of sp³-hybridized carbons (Fsp3) is 0.316. The van der Waals surface area contributed by atoms with E-state index in [0.717, 1.165) is 34.4 Å². The molecule has 0 bridgehead atoms. The van der Waals surface area contributed by atoms with Crippen molar-refractivity contribution in [2.24, 2.45) is 4.99 Å². The van der Waals surface area contributed by atoms with Crippen molar-refractivity contribution in [2.45, 2.75) is 40.5 Å². The van der Waals surface area contributed by atoms with Gasteiger partial charge in [-0.3, -0.25) is 4.99 Å². The first kappa shape index (κ1) is 17.1. The molecule has 0 heterocycles. The average molecular weight is 285 g/mol. The molecular formula is C19H24FN. The minimum Gasteiger partial charge on any atom is -0.262 e. The highest BCUT2D eigenvalue weighted by Crippen LogP contribution is 2.21. The van der Waals surface area contributed by atoms with E-state index in [4.69, 9.17) is 0 Å². The van der Waals surface area contributed by atoms with Gasteiger partial charge in [0, 0.05) is 11.9 Å². The molecule has 0 fully saturated rings. The lowest BCUT2D eigenvalue weighted by Gasteiger charge is -2.07. The molecule has 0 spiro atoms. The lowest BCUT2D eigenvalue weighted by molar-refractivity contribution is 0.611. The van der Waals surface area contributed by atoms with Crippen molar-refractivity contribution in [3.8, 4) is 0 Å². The molecule has 0 amide bonds. The molecule has 1 aromatic rings.